The molecule has 1 aromatic carbocycles. The standard InChI is InChI=1S/C19H23N3O/c1-15(16-8-4-2-5-9-16)21-17-10-11-20-18(14-17)19(23)22-12-6-3-7-13-22/h2,4-5,8-11,14-15H,3,6-7,12-13H2,1H3,(H,20,21). The summed E-state index contributed by atoms with van der Waals surface area (Å²) in [6, 6.07) is 14.2. The molecule has 2 aromatic rings. The van der Waals surface area contributed by atoms with Crippen LogP contribution in [0.1, 0.15) is 48.3 Å². The minimum Gasteiger partial charge on any atom is -0.378 e. The normalized spacial score (nSPS) is 16.0. The summed E-state index contributed by atoms with van der Waals surface area (Å²) in [4.78, 5) is 18.7. The Morgan fingerprint density at radius 1 is 1.13 bits per heavy atom. The molecular weight excluding hydrogens is 286 g/mol. The van der Waals surface area contributed by atoms with Crippen LogP contribution >= 0.6 is 0 Å². The molecule has 1 N–H and O–H groups in total. The van der Waals surface area contributed by atoms with Crippen LogP contribution in [0.2, 0.25) is 0 Å². The number of hydrogen-bond donors (Lipinski definition) is 1. The monoisotopic (exact) mass is 309 g/mol. The molecule has 1 saturated heterocycles. The molecule has 0 bridgehead atoms. The molecule has 1 aliphatic rings. The third kappa shape index (κ3) is 3.89. The number of hydrogen-bond acceptors (Lipinski definition) is 3. The highest BCUT2D eigenvalue weighted by Crippen LogP contribution is 2.20. The number of aromatic nitrogens is 1. The van der Waals surface area contributed by atoms with E-state index in [2.05, 4.69) is 29.4 Å². The van der Waals surface area contributed by atoms with E-state index in [0.717, 1.165) is 31.6 Å². The van der Waals surface area contributed by atoms with Gasteiger partial charge in [-0.1, -0.05) is 30.3 Å². The van der Waals surface area contributed by atoms with Crippen molar-refractivity contribution in [2.75, 3.05) is 18.4 Å². The quantitative estimate of drug-likeness (QED) is 0.932. The molecule has 0 saturated carbocycles. The van der Waals surface area contributed by atoms with Crippen LogP contribution in [0.4, 0.5) is 5.69 Å². The smallest absolute Gasteiger partial charge is 0.272 e. The van der Waals surface area contributed by atoms with Crippen LogP contribution in [-0.2, 0) is 0 Å². The van der Waals surface area contributed by atoms with Crippen molar-refractivity contribution in [1.82, 2.24) is 9.88 Å². The van der Waals surface area contributed by atoms with Gasteiger partial charge in [0.2, 0.25) is 0 Å². The molecule has 1 unspecified atom stereocenters. The van der Waals surface area contributed by atoms with Gasteiger partial charge in [0.1, 0.15) is 5.69 Å². The summed E-state index contributed by atoms with van der Waals surface area (Å²) in [5.74, 6) is 0.0423. The van der Waals surface area contributed by atoms with Gasteiger partial charge in [0.05, 0.1) is 0 Å². The van der Waals surface area contributed by atoms with Gasteiger partial charge >= 0.3 is 0 Å². The minimum atomic E-state index is 0.0423. The van der Waals surface area contributed by atoms with Gasteiger partial charge in [0, 0.05) is 31.0 Å². The number of nitrogens with zero attached hydrogens (tertiary/aromatic N) is 2. The second kappa shape index (κ2) is 7.27. The van der Waals surface area contributed by atoms with Gasteiger partial charge in [-0.25, -0.2) is 0 Å². The lowest BCUT2D eigenvalue weighted by atomic mass is 10.1. The lowest BCUT2D eigenvalue weighted by Gasteiger charge is -2.26. The van der Waals surface area contributed by atoms with Crippen LogP contribution in [0.25, 0.3) is 0 Å². The summed E-state index contributed by atoms with van der Waals surface area (Å²) >= 11 is 0. The number of rotatable bonds is 4. The van der Waals surface area contributed by atoms with Gasteiger partial charge < -0.3 is 10.2 Å². The van der Waals surface area contributed by atoms with Crippen LogP contribution in [0.3, 0.4) is 0 Å². The number of pyridine rings is 1. The number of anilines is 1. The van der Waals surface area contributed by atoms with E-state index < -0.39 is 0 Å². The second-order valence-corrected chi connectivity index (χ2v) is 6.06. The van der Waals surface area contributed by atoms with Crippen LogP contribution in [0, 0.1) is 0 Å². The van der Waals surface area contributed by atoms with E-state index in [-0.39, 0.29) is 11.9 Å². The Hall–Kier alpha value is -2.36. The molecule has 0 aliphatic carbocycles. The zero-order valence-corrected chi connectivity index (χ0v) is 13.5. The number of likely N-dealkylation sites (tertiary alicyclic amines) is 1. The first-order valence-electron chi connectivity index (χ1n) is 8.31. The number of nitrogens with one attached hydrogen (secondary N) is 1. The second-order valence-electron chi connectivity index (χ2n) is 6.06. The van der Waals surface area contributed by atoms with Crippen molar-refractivity contribution >= 4 is 11.6 Å². The highest BCUT2D eigenvalue weighted by Gasteiger charge is 2.19. The predicted molar refractivity (Wildman–Crippen MR) is 92.5 cm³/mol. The maximum absolute atomic E-state index is 12.5. The average Bonchev–Trinajstić information content (AvgIpc) is 2.63. The van der Waals surface area contributed by atoms with E-state index in [1.54, 1.807) is 6.20 Å². The Bertz CT molecular complexity index is 651. The summed E-state index contributed by atoms with van der Waals surface area (Å²) in [7, 11) is 0. The average molecular weight is 309 g/mol. The van der Waals surface area contributed by atoms with Crippen molar-refractivity contribution in [1.29, 1.82) is 0 Å². The summed E-state index contributed by atoms with van der Waals surface area (Å²) in [5.41, 5.74) is 2.67. The maximum Gasteiger partial charge on any atom is 0.272 e. The summed E-state index contributed by atoms with van der Waals surface area (Å²) in [6.45, 7) is 3.80. The number of carbonyl (C=O) groups is 1. The number of benzene rings is 1. The molecule has 0 spiro atoms. The first kappa shape index (κ1) is 15.5. The molecule has 23 heavy (non-hydrogen) atoms. The van der Waals surface area contributed by atoms with Gasteiger partial charge in [-0.2, -0.15) is 0 Å². The molecule has 0 radical (unpaired) electrons. The molecule has 3 rings (SSSR count). The molecule has 1 fully saturated rings. The van der Waals surface area contributed by atoms with Crippen molar-refractivity contribution in [2.45, 2.75) is 32.2 Å². The maximum atomic E-state index is 12.5. The zero-order valence-electron chi connectivity index (χ0n) is 13.5. The highest BCUT2D eigenvalue weighted by atomic mass is 16.2. The molecule has 1 amide bonds. The summed E-state index contributed by atoms with van der Waals surface area (Å²) in [5, 5.41) is 3.45. The van der Waals surface area contributed by atoms with E-state index in [9.17, 15) is 4.79 Å². The van der Waals surface area contributed by atoms with Crippen molar-refractivity contribution in [3.63, 3.8) is 0 Å². The predicted octanol–water partition coefficient (Wildman–Crippen LogP) is 3.88. The van der Waals surface area contributed by atoms with E-state index in [1.165, 1.54) is 12.0 Å². The first-order valence-corrected chi connectivity index (χ1v) is 8.31. The highest BCUT2D eigenvalue weighted by molar-refractivity contribution is 5.93. The van der Waals surface area contributed by atoms with E-state index in [4.69, 9.17) is 0 Å². The third-order valence-electron chi connectivity index (χ3n) is 4.31. The fourth-order valence-electron chi connectivity index (χ4n) is 2.97. The molecule has 1 aliphatic heterocycles. The molecule has 120 valence electrons. The minimum absolute atomic E-state index is 0.0423. The zero-order chi connectivity index (χ0) is 16.1. The Morgan fingerprint density at radius 2 is 1.87 bits per heavy atom. The topological polar surface area (TPSA) is 45.2 Å². The fraction of sp³-hybridized carbons (Fsp3) is 0.368. The van der Waals surface area contributed by atoms with E-state index in [0.29, 0.717) is 5.69 Å². The molecule has 2 heterocycles. The van der Waals surface area contributed by atoms with Crippen molar-refractivity contribution in [3.05, 3.63) is 59.9 Å². The van der Waals surface area contributed by atoms with Gasteiger partial charge in [-0.15, -0.1) is 0 Å². The van der Waals surface area contributed by atoms with Crippen LogP contribution in [0.5, 0.6) is 0 Å². The van der Waals surface area contributed by atoms with Crippen molar-refractivity contribution in [3.8, 4) is 0 Å². The summed E-state index contributed by atoms with van der Waals surface area (Å²) in [6.07, 6.45) is 5.11. The van der Waals surface area contributed by atoms with Gasteiger partial charge in [-0.05, 0) is 43.9 Å². The van der Waals surface area contributed by atoms with Crippen molar-refractivity contribution in [2.24, 2.45) is 0 Å². The lowest BCUT2D eigenvalue weighted by molar-refractivity contribution is 0.0718. The number of piperidine rings is 1. The van der Waals surface area contributed by atoms with Gasteiger partial charge in [-0.3, -0.25) is 9.78 Å². The molecule has 4 heteroatoms. The van der Waals surface area contributed by atoms with E-state index >= 15 is 0 Å². The van der Waals surface area contributed by atoms with Gasteiger partial charge in [0.15, 0.2) is 0 Å². The van der Waals surface area contributed by atoms with Crippen LogP contribution in [0.15, 0.2) is 48.7 Å². The molecule has 4 nitrogen and oxygen atoms in total. The number of amides is 1. The molecule has 1 aromatic heterocycles. The molecular formula is C19H23N3O. The summed E-state index contributed by atoms with van der Waals surface area (Å²) < 4.78 is 0. The van der Waals surface area contributed by atoms with Crippen LogP contribution < -0.4 is 5.32 Å². The van der Waals surface area contributed by atoms with Gasteiger partial charge in [0.25, 0.3) is 5.91 Å². The largest absolute Gasteiger partial charge is 0.378 e. The first-order chi connectivity index (χ1) is 11.2. The lowest BCUT2D eigenvalue weighted by Crippen LogP contribution is -2.36. The Morgan fingerprint density at radius 3 is 2.61 bits per heavy atom. The van der Waals surface area contributed by atoms with Crippen molar-refractivity contribution < 1.29 is 4.79 Å². The third-order valence-corrected chi connectivity index (χ3v) is 4.31. The van der Waals surface area contributed by atoms with E-state index in [1.807, 2.05) is 35.2 Å². The Labute approximate surface area is 137 Å². The Kier molecular flexibility index (Phi) is 4.91. The number of carbonyl (C=O) groups excluding carboxylic acids is 1. The molecule has 1 atom stereocenters. The fourth-order valence-corrected chi connectivity index (χ4v) is 2.97. The van der Waals surface area contributed by atoms with Crippen LogP contribution in [-0.4, -0.2) is 28.9 Å². The SMILES string of the molecule is CC(Nc1ccnc(C(=O)N2CCCCC2)c1)c1ccccc1. The Balaban J connectivity index is 1.71.